The lowest BCUT2D eigenvalue weighted by Gasteiger charge is -2.23. The van der Waals surface area contributed by atoms with Crippen LogP contribution in [-0.2, 0) is 0 Å². The van der Waals surface area contributed by atoms with Crippen molar-refractivity contribution in [2.45, 2.75) is 51.1 Å². The summed E-state index contributed by atoms with van der Waals surface area (Å²) in [6, 6.07) is 7.17. The Hall–Kier alpha value is -2.15. The monoisotopic (exact) mass is 417 g/mol. The first-order valence-electron chi connectivity index (χ1n) is 11.4. The standard InChI is InChI=1S/C23H39N5O2/c1-5-24-23(25-11-13-27(2)19-8-6-7-9-19)26-18-10-12-28(17-18)20-14-21(29-3)16-22(15-20)30-4/h14-16,18-19H,5-13,17H2,1-4H3,(H2,24,25,26). The number of nitrogens with one attached hydrogen (secondary N) is 2. The highest BCUT2D eigenvalue weighted by atomic mass is 16.5. The average Bonchev–Trinajstić information content (AvgIpc) is 3.46. The lowest BCUT2D eigenvalue weighted by Crippen LogP contribution is -2.45. The smallest absolute Gasteiger partial charge is 0.191 e. The zero-order valence-corrected chi connectivity index (χ0v) is 19.1. The van der Waals surface area contributed by atoms with Crippen molar-refractivity contribution in [3.8, 4) is 11.5 Å². The van der Waals surface area contributed by atoms with E-state index in [9.17, 15) is 0 Å². The second-order valence-electron chi connectivity index (χ2n) is 8.33. The van der Waals surface area contributed by atoms with Gasteiger partial charge < -0.3 is 29.9 Å². The average molecular weight is 418 g/mol. The van der Waals surface area contributed by atoms with Crippen molar-refractivity contribution < 1.29 is 9.47 Å². The van der Waals surface area contributed by atoms with E-state index in [-0.39, 0.29) is 0 Å². The second-order valence-corrected chi connectivity index (χ2v) is 8.33. The molecule has 1 aromatic rings. The van der Waals surface area contributed by atoms with Crippen molar-refractivity contribution in [2.75, 3.05) is 58.9 Å². The van der Waals surface area contributed by atoms with Crippen LogP contribution in [0, 0.1) is 0 Å². The number of likely N-dealkylation sites (N-methyl/N-ethyl adjacent to an activating group) is 1. The van der Waals surface area contributed by atoms with Crippen molar-refractivity contribution in [1.29, 1.82) is 0 Å². The Morgan fingerprint density at radius 3 is 2.47 bits per heavy atom. The molecule has 7 heteroatoms. The molecule has 2 aliphatic rings. The second kappa shape index (κ2) is 11.3. The zero-order valence-electron chi connectivity index (χ0n) is 19.1. The molecular formula is C23H39N5O2. The maximum atomic E-state index is 5.43. The third kappa shape index (κ3) is 6.17. The van der Waals surface area contributed by atoms with Crippen molar-refractivity contribution in [2.24, 2.45) is 4.99 Å². The van der Waals surface area contributed by atoms with Crippen LogP contribution in [0.25, 0.3) is 0 Å². The fraction of sp³-hybridized carbons (Fsp3) is 0.696. The maximum Gasteiger partial charge on any atom is 0.191 e. The predicted molar refractivity (Wildman–Crippen MR) is 124 cm³/mol. The maximum absolute atomic E-state index is 5.43. The van der Waals surface area contributed by atoms with Crippen LogP contribution in [0.15, 0.2) is 23.2 Å². The summed E-state index contributed by atoms with van der Waals surface area (Å²) in [6.07, 6.45) is 6.50. The largest absolute Gasteiger partial charge is 0.497 e. The first-order chi connectivity index (χ1) is 14.6. The molecule has 2 fully saturated rings. The van der Waals surface area contributed by atoms with Crippen molar-refractivity contribution in [3.05, 3.63) is 18.2 Å². The van der Waals surface area contributed by atoms with E-state index in [2.05, 4.69) is 46.5 Å². The van der Waals surface area contributed by atoms with E-state index in [0.29, 0.717) is 6.04 Å². The van der Waals surface area contributed by atoms with Crippen LogP contribution in [0.5, 0.6) is 11.5 Å². The summed E-state index contributed by atoms with van der Waals surface area (Å²) in [5.41, 5.74) is 1.13. The van der Waals surface area contributed by atoms with Gasteiger partial charge in [-0.1, -0.05) is 12.8 Å². The van der Waals surface area contributed by atoms with Gasteiger partial charge in [0.05, 0.1) is 20.8 Å². The van der Waals surface area contributed by atoms with E-state index >= 15 is 0 Å². The number of guanidine groups is 1. The van der Waals surface area contributed by atoms with Gasteiger partial charge >= 0.3 is 0 Å². The topological polar surface area (TPSA) is 61.4 Å². The van der Waals surface area contributed by atoms with Crippen LogP contribution < -0.4 is 25.0 Å². The molecule has 1 saturated carbocycles. The van der Waals surface area contributed by atoms with Gasteiger partial charge in [0, 0.05) is 62.1 Å². The molecule has 0 radical (unpaired) electrons. The molecule has 1 saturated heterocycles. The quantitative estimate of drug-likeness (QED) is 0.476. The summed E-state index contributed by atoms with van der Waals surface area (Å²) in [5.74, 6) is 2.57. The minimum absolute atomic E-state index is 0.368. The molecule has 30 heavy (non-hydrogen) atoms. The van der Waals surface area contributed by atoms with Gasteiger partial charge in [-0.15, -0.1) is 0 Å². The third-order valence-corrected chi connectivity index (χ3v) is 6.25. The van der Waals surface area contributed by atoms with Gasteiger partial charge in [0.1, 0.15) is 11.5 Å². The summed E-state index contributed by atoms with van der Waals surface area (Å²) in [5, 5.41) is 7.04. The number of aliphatic imine (C=N–C) groups is 1. The van der Waals surface area contributed by atoms with Crippen LogP contribution in [0.1, 0.15) is 39.0 Å². The number of hydrogen-bond acceptors (Lipinski definition) is 5. The molecule has 0 bridgehead atoms. The Morgan fingerprint density at radius 1 is 1.13 bits per heavy atom. The SMILES string of the molecule is CCNC(=NCCN(C)C1CCCC1)NC1CCN(c2cc(OC)cc(OC)c2)C1. The van der Waals surface area contributed by atoms with E-state index in [4.69, 9.17) is 14.5 Å². The summed E-state index contributed by atoms with van der Waals surface area (Å²) in [7, 11) is 5.62. The Kier molecular flexibility index (Phi) is 8.49. The van der Waals surface area contributed by atoms with Gasteiger partial charge in [-0.3, -0.25) is 4.99 Å². The van der Waals surface area contributed by atoms with Crippen LogP contribution in [-0.4, -0.2) is 76.9 Å². The lowest BCUT2D eigenvalue weighted by molar-refractivity contribution is 0.252. The Bertz CT molecular complexity index is 668. The summed E-state index contributed by atoms with van der Waals surface area (Å²) in [6.45, 7) is 6.76. The zero-order chi connectivity index (χ0) is 21.3. The van der Waals surface area contributed by atoms with Gasteiger partial charge in [0.25, 0.3) is 0 Å². The molecule has 0 aromatic heterocycles. The molecular weight excluding hydrogens is 378 g/mol. The van der Waals surface area contributed by atoms with Gasteiger partial charge in [0.15, 0.2) is 5.96 Å². The summed E-state index contributed by atoms with van der Waals surface area (Å²) in [4.78, 5) is 9.69. The highest BCUT2D eigenvalue weighted by molar-refractivity contribution is 5.80. The van der Waals surface area contributed by atoms with Gasteiger partial charge in [-0.05, 0) is 33.2 Å². The Labute approximate surface area is 181 Å². The molecule has 1 aromatic carbocycles. The van der Waals surface area contributed by atoms with E-state index in [1.54, 1.807) is 14.2 Å². The van der Waals surface area contributed by atoms with E-state index in [0.717, 1.165) is 68.3 Å². The number of ether oxygens (including phenoxy) is 2. The molecule has 3 rings (SSSR count). The van der Waals surface area contributed by atoms with Crippen LogP contribution in [0.3, 0.4) is 0 Å². The minimum atomic E-state index is 0.368. The number of benzene rings is 1. The van der Waals surface area contributed by atoms with Gasteiger partial charge in [-0.25, -0.2) is 0 Å². The molecule has 1 unspecified atom stereocenters. The van der Waals surface area contributed by atoms with Gasteiger partial charge in [-0.2, -0.15) is 0 Å². The molecule has 0 amide bonds. The van der Waals surface area contributed by atoms with E-state index < -0.39 is 0 Å². The van der Waals surface area contributed by atoms with E-state index in [1.807, 2.05) is 6.07 Å². The summed E-state index contributed by atoms with van der Waals surface area (Å²) < 4.78 is 10.9. The lowest BCUT2D eigenvalue weighted by atomic mass is 10.2. The third-order valence-electron chi connectivity index (χ3n) is 6.25. The molecule has 2 N–H and O–H groups in total. The molecule has 7 nitrogen and oxygen atoms in total. The molecule has 1 aliphatic carbocycles. The van der Waals surface area contributed by atoms with Crippen LogP contribution >= 0.6 is 0 Å². The first-order valence-corrected chi connectivity index (χ1v) is 11.4. The summed E-state index contributed by atoms with van der Waals surface area (Å²) >= 11 is 0. The number of anilines is 1. The van der Waals surface area contributed by atoms with Crippen molar-refractivity contribution in [3.63, 3.8) is 0 Å². The molecule has 168 valence electrons. The number of hydrogen-bond donors (Lipinski definition) is 2. The van der Waals surface area contributed by atoms with Crippen LogP contribution in [0.2, 0.25) is 0 Å². The molecule has 0 spiro atoms. The van der Waals surface area contributed by atoms with Crippen molar-refractivity contribution >= 4 is 11.6 Å². The van der Waals surface area contributed by atoms with Crippen LogP contribution in [0.4, 0.5) is 5.69 Å². The first kappa shape index (κ1) is 22.5. The number of rotatable bonds is 9. The Balaban J connectivity index is 1.53. The number of nitrogens with zero attached hydrogens (tertiary/aromatic N) is 3. The van der Waals surface area contributed by atoms with Gasteiger partial charge in [0.2, 0.25) is 0 Å². The number of methoxy groups -OCH3 is 2. The van der Waals surface area contributed by atoms with E-state index in [1.165, 1.54) is 25.7 Å². The normalized spacial score (nSPS) is 20.1. The molecule has 1 aliphatic heterocycles. The highest BCUT2D eigenvalue weighted by Gasteiger charge is 2.24. The predicted octanol–water partition coefficient (Wildman–Crippen LogP) is 2.71. The fourth-order valence-corrected chi connectivity index (χ4v) is 4.45. The Morgan fingerprint density at radius 2 is 1.83 bits per heavy atom. The molecule has 1 atom stereocenters. The fourth-order valence-electron chi connectivity index (χ4n) is 4.45. The highest BCUT2D eigenvalue weighted by Crippen LogP contribution is 2.30. The molecule has 1 heterocycles. The van der Waals surface area contributed by atoms with Crippen molar-refractivity contribution in [1.82, 2.24) is 15.5 Å². The minimum Gasteiger partial charge on any atom is -0.497 e.